The van der Waals surface area contributed by atoms with E-state index in [2.05, 4.69) is 24.4 Å². The van der Waals surface area contributed by atoms with E-state index in [0.717, 1.165) is 59.5 Å². The van der Waals surface area contributed by atoms with Crippen LogP contribution in [0.1, 0.15) is 24.0 Å². The fraction of sp³-hybridized carbons (Fsp3) is 0.333. The van der Waals surface area contributed by atoms with Gasteiger partial charge in [-0.05, 0) is 43.5 Å². The Morgan fingerprint density at radius 1 is 1.14 bits per heavy atom. The van der Waals surface area contributed by atoms with E-state index in [-0.39, 0.29) is 5.91 Å². The number of aryl methyl sites for hydroxylation is 1. The van der Waals surface area contributed by atoms with E-state index in [0.29, 0.717) is 12.5 Å². The van der Waals surface area contributed by atoms with Crippen LogP contribution < -0.4 is 10.1 Å². The number of para-hydroxylation sites is 2. The number of likely N-dealkylation sites (tertiary alicyclic amines) is 1. The first-order valence-electron chi connectivity index (χ1n) is 10.2. The molecule has 1 aliphatic rings. The summed E-state index contributed by atoms with van der Waals surface area (Å²) < 4.78 is 5.37. The number of rotatable bonds is 5. The average Bonchev–Trinajstić information content (AvgIpc) is 2.75. The Morgan fingerprint density at radius 3 is 2.66 bits per heavy atom. The van der Waals surface area contributed by atoms with E-state index in [4.69, 9.17) is 9.72 Å². The smallest absolute Gasteiger partial charge is 0.227 e. The Bertz CT molecular complexity index is 1010. The van der Waals surface area contributed by atoms with Crippen molar-refractivity contribution >= 4 is 22.6 Å². The zero-order valence-corrected chi connectivity index (χ0v) is 17.0. The average molecular weight is 389 g/mol. The van der Waals surface area contributed by atoms with Gasteiger partial charge < -0.3 is 15.0 Å². The van der Waals surface area contributed by atoms with Crippen LogP contribution in [-0.2, 0) is 11.2 Å². The van der Waals surface area contributed by atoms with Crippen LogP contribution in [0.5, 0.6) is 5.75 Å². The molecule has 1 aliphatic heterocycles. The molecule has 1 N–H and O–H groups in total. The van der Waals surface area contributed by atoms with E-state index in [1.807, 2.05) is 47.4 Å². The molecule has 0 bridgehead atoms. The summed E-state index contributed by atoms with van der Waals surface area (Å²) in [6.45, 7) is 3.62. The van der Waals surface area contributed by atoms with Crippen molar-refractivity contribution in [2.45, 2.75) is 32.2 Å². The molecule has 1 saturated heterocycles. The zero-order valence-electron chi connectivity index (χ0n) is 17.0. The highest BCUT2D eigenvalue weighted by Gasteiger charge is 2.24. The molecule has 0 saturated carbocycles. The number of nitrogens with zero attached hydrogens (tertiary/aromatic N) is 2. The number of methoxy groups -OCH3 is 1. The second-order valence-corrected chi connectivity index (χ2v) is 7.63. The Kier molecular flexibility index (Phi) is 5.65. The highest BCUT2D eigenvalue weighted by Crippen LogP contribution is 2.24. The monoisotopic (exact) mass is 389 g/mol. The fourth-order valence-electron chi connectivity index (χ4n) is 3.96. The van der Waals surface area contributed by atoms with Crippen molar-refractivity contribution in [2.75, 3.05) is 25.5 Å². The van der Waals surface area contributed by atoms with Gasteiger partial charge in [-0.3, -0.25) is 4.79 Å². The van der Waals surface area contributed by atoms with Crippen LogP contribution in [0.3, 0.4) is 0 Å². The van der Waals surface area contributed by atoms with Gasteiger partial charge in [-0.25, -0.2) is 4.98 Å². The summed E-state index contributed by atoms with van der Waals surface area (Å²) >= 11 is 0. The SMILES string of the molecule is COc1ccccc1CC(=O)N1CCC(Nc2nc3ccccc3cc2C)CC1. The quantitative estimate of drug-likeness (QED) is 0.711. The first-order chi connectivity index (χ1) is 14.1. The summed E-state index contributed by atoms with van der Waals surface area (Å²) in [4.78, 5) is 19.5. The summed E-state index contributed by atoms with van der Waals surface area (Å²) in [5.74, 6) is 1.88. The lowest BCUT2D eigenvalue weighted by Crippen LogP contribution is -2.43. The second-order valence-electron chi connectivity index (χ2n) is 7.63. The van der Waals surface area contributed by atoms with Crippen molar-refractivity contribution in [3.05, 3.63) is 65.7 Å². The Labute approximate surface area is 171 Å². The molecule has 2 aromatic carbocycles. The van der Waals surface area contributed by atoms with Crippen molar-refractivity contribution in [1.82, 2.24) is 9.88 Å². The molecule has 1 aromatic heterocycles. The number of hydrogen-bond donors (Lipinski definition) is 1. The molecule has 0 aliphatic carbocycles. The maximum Gasteiger partial charge on any atom is 0.227 e. The number of ether oxygens (including phenoxy) is 1. The van der Waals surface area contributed by atoms with Crippen molar-refractivity contribution in [3.63, 3.8) is 0 Å². The third-order valence-electron chi connectivity index (χ3n) is 5.64. The molecule has 150 valence electrons. The van der Waals surface area contributed by atoms with Crippen LogP contribution in [-0.4, -0.2) is 42.0 Å². The lowest BCUT2D eigenvalue weighted by atomic mass is 10.0. The van der Waals surface area contributed by atoms with E-state index < -0.39 is 0 Å². The molecule has 2 heterocycles. The summed E-state index contributed by atoms with van der Waals surface area (Å²) in [7, 11) is 1.64. The minimum absolute atomic E-state index is 0.160. The predicted molar refractivity (Wildman–Crippen MR) is 116 cm³/mol. The van der Waals surface area contributed by atoms with Crippen LogP contribution in [0.4, 0.5) is 5.82 Å². The van der Waals surface area contributed by atoms with Crippen molar-refractivity contribution < 1.29 is 9.53 Å². The van der Waals surface area contributed by atoms with Crippen LogP contribution >= 0.6 is 0 Å². The van der Waals surface area contributed by atoms with Gasteiger partial charge in [0.2, 0.25) is 5.91 Å². The van der Waals surface area contributed by atoms with Gasteiger partial charge in [0.05, 0.1) is 19.0 Å². The van der Waals surface area contributed by atoms with Crippen LogP contribution in [0.2, 0.25) is 0 Å². The molecule has 29 heavy (non-hydrogen) atoms. The number of amides is 1. The van der Waals surface area contributed by atoms with Gasteiger partial charge >= 0.3 is 0 Å². The number of pyridine rings is 1. The van der Waals surface area contributed by atoms with Gasteiger partial charge in [0, 0.05) is 30.1 Å². The summed E-state index contributed by atoms with van der Waals surface area (Å²) in [5.41, 5.74) is 3.10. The topological polar surface area (TPSA) is 54.5 Å². The molecule has 0 atom stereocenters. The summed E-state index contributed by atoms with van der Waals surface area (Å²) in [5, 5.41) is 4.76. The molecular weight excluding hydrogens is 362 g/mol. The summed E-state index contributed by atoms with van der Waals surface area (Å²) in [6.07, 6.45) is 2.23. The lowest BCUT2D eigenvalue weighted by Gasteiger charge is -2.33. The number of aromatic nitrogens is 1. The molecule has 1 fully saturated rings. The molecule has 5 heteroatoms. The normalized spacial score (nSPS) is 14.8. The van der Waals surface area contributed by atoms with Crippen molar-refractivity contribution in [3.8, 4) is 5.75 Å². The van der Waals surface area contributed by atoms with Crippen molar-refractivity contribution in [1.29, 1.82) is 0 Å². The number of benzene rings is 2. The van der Waals surface area contributed by atoms with Gasteiger partial charge in [0.25, 0.3) is 0 Å². The van der Waals surface area contributed by atoms with Crippen molar-refractivity contribution in [2.24, 2.45) is 0 Å². The third-order valence-corrected chi connectivity index (χ3v) is 5.64. The number of anilines is 1. The predicted octanol–water partition coefficient (Wildman–Crippen LogP) is 4.20. The fourth-order valence-corrected chi connectivity index (χ4v) is 3.96. The lowest BCUT2D eigenvalue weighted by molar-refractivity contribution is -0.131. The van der Waals surface area contributed by atoms with Gasteiger partial charge in [-0.2, -0.15) is 0 Å². The van der Waals surface area contributed by atoms with E-state index >= 15 is 0 Å². The molecule has 0 unspecified atom stereocenters. The molecule has 0 radical (unpaired) electrons. The minimum atomic E-state index is 0.160. The van der Waals surface area contributed by atoms with Crippen LogP contribution in [0, 0.1) is 6.92 Å². The van der Waals surface area contributed by atoms with Gasteiger partial charge in [-0.15, -0.1) is 0 Å². The molecule has 4 rings (SSSR count). The number of carbonyl (C=O) groups excluding carboxylic acids is 1. The number of hydrogen-bond acceptors (Lipinski definition) is 4. The molecule has 3 aromatic rings. The van der Waals surface area contributed by atoms with Crippen LogP contribution in [0.25, 0.3) is 10.9 Å². The maximum atomic E-state index is 12.7. The first-order valence-corrected chi connectivity index (χ1v) is 10.2. The van der Waals surface area contributed by atoms with Gasteiger partial charge in [0.1, 0.15) is 11.6 Å². The van der Waals surface area contributed by atoms with Crippen LogP contribution in [0.15, 0.2) is 54.6 Å². The summed E-state index contributed by atoms with van der Waals surface area (Å²) in [6, 6.07) is 18.4. The zero-order chi connectivity index (χ0) is 20.2. The Balaban J connectivity index is 1.36. The number of carbonyl (C=O) groups is 1. The molecule has 5 nitrogen and oxygen atoms in total. The van der Waals surface area contributed by atoms with Gasteiger partial charge in [0.15, 0.2) is 0 Å². The molecule has 1 amide bonds. The van der Waals surface area contributed by atoms with Gasteiger partial charge in [-0.1, -0.05) is 36.4 Å². The number of piperidine rings is 1. The second kappa shape index (κ2) is 8.52. The Hall–Kier alpha value is -3.08. The number of fused-ring (bicyclic) bond motifs is 1. The maximum absolute atomic E-state index is 12.7. The molecular formula is C24H27N3O2. The standard InChI is InChI=1S/C24H27N3O2/c1-17-15-18-7-3-5-9-21(18)26-24(17)25-20-11-13-27(14-12-20)23(28)16-19-8-4-6-10-22(19)29-2/h3-10,15,20H,11-14,16H2,1-2H3,(H,25,26). The highest BCUT2D eigenvalue weighted by molar-refractivity contribution is 5.81. The first kappa shape index (κ1) is 19.2. The van der Waals surface area contributed by atoms with E-state index in [9.17, 15) is 4.79 Å². The third kappa shape index (κ3) is 4.34. The highest BCUT2D eigenvalue weighted by atomic mass is 16.5. The van der Waals surface area contributed by atoms with E-state index in [1.54, 1.807) is 7.11 Å². The number of nitrogens with one attached hydrogen (secondary N) is 1. The largest absolute Gasteiger partial charge is 0.496 e. The Morgan fingerprint density at radius 2 is 1.86 bits per heavy atom. The van der Waals surface area contributed by atoms with E-state index in [1.165, 1.54) is 0 Å². The molecule has 0 spiro atoms. The minimum Gasteiger partial charge on any atom is -0.496 e.